The molecule has 0 fully saturated rings. The molecular weight excluding hydrogens is 341 g/mol. The van der Waals surface area contributed by atoms with Crippen LogP contribution >= 0.6 is 22.9 Å². The molecule has 0 aliphatic rings. The molecule has 0 aliphatic heterocycles. The van der Waals surface area contributed by atoms with Gasteiger partial charge < -0.3 is 19.4 Å². The van der Waals surface area contributed by atoms with Crippen LogP contribution in [0.5, 0.6) is 0 Å². The van der Waals surface area contributed by atoms with E-state index < -0.39 is 0 Å². The number of halogens is 1. The smallest absolute Gasteiger partial charge is 0.160 e. The highest BCUT2D eigenvalue weighted by molar-refractivity contribution is 14.1. The minimum Gasteiger partial charge on any atom is -0.452 e. The van der Waals surface area contributed by atoms with Crippen molar-refractivity contribution in [3.05, 3.63) is 29.8 Å². The van der Waals surface area contributed by atoms with Crippen molar-refractivity contribution in [3.63, 3.8) is 0 Å². The van der Waals surface area contributed by atoms with Gasteiger partial charge in [-0.15, -0.1) is 0 Å². The van der Waals surface area contributed by atoms with Gasteiger partial charge >= 0.3 is 0 Å². The number of anilines is 3. The predicted octanol–water partition coefficient (Wildman–Crippen LogP) is 3.82. The van der Waals surface area contributed by atoms with E-state index in [9.17, 15) is 0 Å². The SMILES string of the molecule is Cc1ccc2c(oc3c(N)c(NI)ccc32)c1N. The minimum absolute atomic E-state index is 0.607. The molecule has 2 aromatic carbocycles. The number of nitrogens with one attached hydrogen (secondary N) is 1. The fourth-order valence-corrected chi connectivity index (χ4v) is 2.60. The van der Waals surface area contributed by atoms with E-state index in [4.69, 9.17) is 15.9 Å². The third-order valence-corrected chi connectivity index (χ3v) is 3.79. The summed E-state index contributed by atoms with van der Waals surface area (Å²) in [6, 6.07) is 7.94. The van der Waals surface area contributed by atoms with E-state index >= 15 is 0 Å². The van der Waals surface area contributed by atoms with Crippen molar-refractivity contribution in [2.75, 3.05) is 15.0 Å². The van der Waals surface area contributed by atoms with Crippen LogP contribution in [0.1, 0.15) is 5.56 Å². The highest BCUT2D eigenvalue weighted by Crippen LogP contribution is 2.39. The van der Waals surface area contributed by atoms with Gasteiger partial charge in [0.25, 0.3) is 0 Å². The lowest BCUT2D eigenvalue weighted by Gasteiger charge is -2.02. The fourth-order valence-electron chi connectivity index (χ4n) is 2.13. The second-order valence-corrected chi connectivity index (χ2v) is 4.81. The lowest BCUT2D eigenvalue weighted by atomic mass is 10.1. The topological polar surface area (TPSA) is 77.2 Å². The van der Waals surface area contributed by atoms with Crippen LogP contribution in [0, 0.1) is 6.92 Å². The Morgan fingerprint density at radius 1 is 1.00 bits per heavy atom. The third-order valence-electron chi connectivity index (χ3n) is 3.21. The lowest BCUT2D eigenvalue weighted by Crippen LogP contribution is -1.90. The van der Waals surface area contributed by atoms with Crippen LogP contribution in [0.25, 0.3) is 21.9 Å². The number of benzene rings is 2. The van der Waals surface area contributed by atoms with Gasteiger partial charge in [-0.05, 0) is 24.6 Å². The molecule has 4 nitrogen and oxygen atoms in total. The largest absolute Gasteiger partial charge is 0.452 e. The number of fused-ring (bicyclic) bond motifs is 3. The molecule has 5 N–H and O–H groups in total. The molecule has 0 aliphatic carbocycles. The second-order valence-electron chi connectivity index (χ2n) is 4.27. The lowest BCUT2D eigenvalue weighted by molar-refractivity contribution is 0.671. The van der Waals surface area contributed by atoms with Crippen LogP contribution < -0.4 is 15.0 Å². The average molecular weight is 353 g/mol. The van der Waals surface area contributed by atoms with Crippen LogP contribution in [0.3, 0.4) is 0 Å². The zero-order valence-electron chi connectivity index (χ0n) is 9.75. The number of aryl methyl sites for hydroxylation is 1. The van der Waals surface area contributed by atoms with E-state index in [-0.39, 0.29) is 0 Å². The van der Waals surface area contributed by atoms with Crippen LogP contribution in [0.15, 0.2) is 28.7 Å². The van der Waals surface area contributed by atoms with Crippen molar-refractivity contribution >= 4 is 61.9 Å². The number of furan rings is 1. The zero-order valence-corrected chi connectivity index (χ0v) is 11.9. The Hall–Kier alpha value is -1.63. The number of hydrogen-bond donors (Lipinski definition) is 3. The molecule has 0 unspecified atom stereocenters. The first-order valence-electron chi connectivity index (χ1n) is 5.50. The van der Waals surface area contributed by atoms with Crippen LogP contribution in [0.2, 0.25) is 0 Å². The first-order chi connectivity index (χ1) is 8.63. The van der Waals surface area contributed by atoms with Gasteiger partial charge in [0.15, 0.2) is 11.2 Å². The van der Waals surface area contributed by atoms with Crippen molar-refractivity contribution in [2.45, 2.75) is 6.92 Å². The summed E-state index contributed by atoms with van der Waals surface area (Å²) < 4.78 is 8.86. The third kappa shape index (κ3) is 1.43. The van der Waals surface area contributed by atoms with Crippen LogP contribution in [-0.2, 0) is 0 Å². The van der Waals surface area contributed by atoms with Gasteiger partial charge in [-0.3, -0.25) is 0 Å². The van der Waals surface area contributed by atoms with E-state index in [1.54, 1.807) is 0 Å². The summed E-state index contributed by atoms with van der Waals surface area (Å²) in [5.74, 6) is 0. The van der Waals surface area contributed by atoms with Crippen molar-refractivity contribution < 1.29 is 4.42 Å². The summed E-state index contributed by atoms with van der Waals surface area (Å²) in [6.07, 6.45) is 0. The van der Waals surface area contributed by atoms with E-state index in [0.29, 0.717) is 22.5 Å². The molecule has 0 saturated carbocycles. The van der Waals surface area contributed by atoms with Crippen molar-refractivity contribution in [1.82, 2.24) is 0 Å². The molecule has 0 spiro atoms. The Kier molecular flexibility index (Phi) is 2.51. The fraction of sp³-hybridized carbons (Fsp3) is 0.0769. The highest BCUT2D eigenvalue weighted by atomic mass is 127. The molecule has 1 aromatic heterocycles. The number of rotatable bonds is 1. The van der Waals surface area contributed by atoms with Gasteiger partial charge in [-0.2, -0.15) is 0 Å². The first-order valence-corrected chi connectivity index (χ1v) is 6.57. The highest BCUT2D eigenvalue weighted by Gasteiger charge is 2.14. The summed E-state index contributed by atoms with van der Waals surface area (Å²) >= 11 is 2.05. The van der Waals surface area contributed by atoms with Gasteiger partial charge in [0, 0.05) is 10.8 Å². The van der Waals surface area contributed by atoms with Gasteiger partial charge in [0.1, 0.15) is 0 Å². The Balaban J connectivity index is 2.50. The van der Waals surface area contributed by atoms with Crippen molar-refractivity contribution in [1.29, 1.82) is 0 Å². The predicted molar refractivity (Wildman–Crippen MR) is 84.9 cm³/mol. The maximum Gasteiger partial charge on any atom is 0.160 e. The number of nitrogens with two attached hydrogens (primary N) is 2. The maximum absolute atomic E-state index is 6.08. The molecule has 3 aromatic rings. The second kappa shape index (κ2) is 3.94. The molecule has 0 bridgehead atoms. The summed E-state index contributed by atoms with van der Waals surface area (Å²) in [5, 5.41) is 1.99. The van der Waals surface area contributed by atoms with Gasteiger partial charge in [0.2, 0.25) is 0 Å². The molecular formula is C13H12IN3O. The summed E-state index contributed by atoms with van der Waals surface area (Å²) in [5.41, 5.74) is 16.7. The molecule has 5 heteroatoms. The average Bonchev–Trinajstić information content (AvgIpc) is 2.75. The Labute approximate surface area is 118 Å². The first kappa shape index (κ1) is 11.5. The molecule has 1 heterocycles. The standard InChI is InChI=1S/C13H12IN3O/c1-6-2-3-7-8-4-5-9(17-14)11(16)13(8)18-12(7)10(6)15/h2-5,17H,15-16H2,1H3. The molecule has 3 rings (SSSR count). The van der Waals surface area contributed by atoms with Gasteiger partial charge in [-0.25, -0.2) is 0 Å². The van der Waals surface area contributed by atoms with E-state index in [0.717, 1.165) is 22.0 Å². The molecule has 92 valence electrons. The summed E-state index contributed by atoms with van der Waals surface area (Å²) in [6.45, 7) is 1.96. The zero-order chi connectivity index (χ0) is 12.9. The minimum atomic E-state index is 0.607. The van der Waals surface area contributed by atoms with Gasteiger partial charge in [0.05, 0.1) is 39.9 Å². The molecule has 18 heavy (non-hydrogen) atoms. The molecule has 0 amide bonds. The van der Waals surface area contributed by atoms with E-state index in [2.05, 4.69) is 3.53 Å². The maximum atomic E-state index is 6.08. The van der Waals surface area contributed by atoms with Crippen LogP contribution in [0.4, 0.5) is 17.1 Å². The summed E-state index contributed by atoms with van der Waals surface area (Å²) in [4.78, 5) is 0. The molecule has 0 radical (unpaired) electrons. The normalized spacial score (nSPS) is 11.2. The molecule has 0 atom stereocenters. The number of nitrogen functional groups attached to an aromatic ring is 2. The van der Waals surface area contributed by atoms with E-state index in [1.165, 1.54) is 0 Å². The van der Waals surface area contributed by atoms with Crippen molar-refractivity contribution in [3.8, 4) is 0 Å². The monoisotopic (exact) mass is 353 g/mol. The van der Waals surface area contributed by atoms with Crippen molar-refractivity contribution in [2.24, 2.45) is 0 Å². The Morgan fingerprint density at radius 3 is 2.28 bits per heavy atom. The Morgan fingerprint density at radius 2 is 1.61 bits per heavy atom. The molecule has 0 saturated heterocycles. The Bertz CT molecular complexity index is 764. The van der Waals surface area contributed by atoms with Gasteiger partial charge in [-0.1, -0.05) is 12.1 Å². The van der Waals surface area contributed by atoms with E-state index in [1.807, 2.05) is 54.1 Å². The quantitative estimate of drug-likeness (QED) is 0.353. The summed E-state index contributed by atoms with van der Waals surface area (Å²) in [7, 11) is 0. The van der Waals surface area contributed by atoms with Crippen LogP contribution in [-0.4, -0.2) is 0 Å². The number of hydrogen-bond acceptors (Lipinski definition) is 4.